The van der Waals surface area contributed by atoms with Crippen LogP contribution >= 0.6 is 0 Å². The first-order valence-corrected chi connectivity index (χ1v) is 11.1. The zero-order valence-electron chi connectivity index (χ0n) is 9.67. The maximum absolute atomic E-state index is 10.3. The Kier molecular flexibility index (Phi) is 6.30. The van der Waals surface area contributed by atoms with Gasteiger partial charge in [-0.1, -0.05) is 6.42 Å². The van der Waals surface area contributed by atoms with Crippen LogP contribution in [-0.4, -0.2) is 28.4 Å². The predicted molar refractivity (Wildman–Crippen MR) is 63.7 cm³/mol. The van der Waals surface area contributed by atoms with E-state index < -0.39 is 23.3 Å². The second kappa shape index (κ2) is 6.37. The zero-order chi connectivity index (χ0) is 11.2. The summed E-state index contributed by atoms with van der Waals surface area (Å²) < 4.78 is 5.98. The Morgan fingerprint density at radius 3 is 2.36 bits per heavy atom. The fourth-order valence-corrected chi connectivity index (χ4v) is 7.53. The predicted octanol–water partition coefficient (Wildman–Crippen LogP) is 2.45. The summed E-state index contributed by atoms with van der Waals surface area (Å²) in [7, 11) is -2.38. The number of unbranched alkanes of at least 4 members (excludes halogenated alkanes) is 1. The number of aliphatic carboxylic acids is 1. The largest absolute Gasteiger partial charge is 0.481 e. The van der Waals surface area contributed by atoms with Gasteiger partial charge in [0.1, 0.15) is 0 Å². The lowest BCUT2D eigenvalue weighted by atomic mass is 10.2. The van der Waals surface area contributed by atoms with Gasteiger partial charge in [0, 0.05) is 6.42 Å². The SMILES string of the molecule is C[SiH](CCCCC(=O)O)O[Si](C)(C)C. The van der Waals surface area contributed by atoms with Crippen LogP contribution in [0, 0.1) is 0 Å². The number of carboxylic acid groups (broad SMARTS) is 1. The Morgan fingerprint density at radius 2 is 1.93 bits per heavy atom. The number of carboxylic acids is 1. The first-order chi connectivity index (χ1) is 6.31. The van der Waals surface area contributed by atoms with Gasteiger partial charge >= 0.3 is 5.97 Å². The minimum Gasteiger partial charge on any atom is -0.481 e. The molecule has 0 rings (SSSR count). The molecule has 0 spiro atoms. The summed E-state index contributed by atoms with van der Waals surface area (Å²) in [5, 5.41) is 8.45. The van der Waals surface area contributed by atoms with Gasteiger partial charge in [0.05, 0.1) is 0 Å². The van der Waals surface area contributed by atoms with Gasteiger partial charge in [-0.2, -0.15) is 0 Å². The highest BCUT2D eigenvalue weighted by Gasteiger charge is 2.18. The van der Waals surface area contributed by atoms with Gasteiger partial charge < -0.3 is 9.22 Å². The molecule has 0 bridgehead atoms. The Balaban J connectivity index is 3.45. The molecule has 0 heterocycles. The monoisotopic (exact) mass is 234 g/mol. The van der Waals surface area contributed by atoms with E-state index in [1.165, 1.54) is 0 Å². The van der Waals surface area contributed by atoms with E-state index in [2.05, 4.69) is 26.2 Å². The molecule has 0 radical (unpaired) electrons. The molecule has 0 aromatic rings. The molecular weight excluding hydrogens is 212 g/mol. The van der Waals surface area contributed by atoms with Gasteiger partial charge in [-0.15, -0.1) is 0 Å². The van der Waals surface area contributed by atoms with Crippen molar-refractivity contribution in [3.8, 4) is 0 Å². The van der Waals surface area contributed by atoms with Crippen LogP contribution in [0.25, 0.3) is 0 Å². The number of carbonyl (C=O) groups is 1. The van der Waals surface area contributed by atoms with Gasteiger partial charge in [-0.3, -0.25) is 4.79 Å². The average molecular weight is 234 g/mol. The van der Waals surface area contributed by atoms with Crippen LogP contribution < -0.4 is 0 Å². The number of hydrogen-bond acceptors (Lipinski definition) is 2. The summed E-state index contributed by atoms with van der Waals surface area (Å²) in [5.74, 6) is -0.689. The Hall–Kier alpha value is -0.136. The Bertz CT molecular complexity index is 177. The summed E-state index contributed by atoms with van der Waals surface area (Å²) >= 11 is 0. The summed E-state index contributed by atoms with van der Waals surface area (Å²) in [4.78, 5) is 10.3. The molecule has 0 saturated heterocycles. The molecule has 0 amide bonds. The van der Waals surface area contributed by atoms with Crippen LogP contribution in [0.1, 0.15) is 19.3 Å². The minimum absolute atomic E-state index is 0.300. The zero-order valence-corrected chi connectivity index (χ0v) is 11.8. The van der Waals surface area contributed by atoms with Gasteiger partial charge in [-0.05, 0) is 38.7 Å². The second-order valence-corrected chi connectivity index (χ2v) is 12.0. The van der Waals surface area contributed by atoms with E-state index in [0.29, 0.717) is 6.42 Å². The Morgan fingerprint density at radius 1 is 1.36 bits per heavy atom. The third-order valence-electron chi connectivity index (χ3n) is 1.81. The van der Waals surface area contributed by atoms with Crippen LogP contribution in [0.4, 0.5) is 0 Å². The third-order valence-corrected chi connectivity index (χ3v) is 7.47. The van der Waals surface area contributed by atoms with Crippen molar-refractivity contribution in [3.05, 3.63) is 0 Å². The van der Waals surface area contributed by atoms with Crippen molar-refractivity contribution in [1.29, 1.82) is 0 Å². The van der Waals surface area contributed by atoms with Crippen molar-refractivity contribution < 1.29 is 14.0 Å². The number of rotatable bonds is 7. The third kappa shape index (κ3) is 9.95. The molecular formula is C9H22O3Si2. The normalized spacial score (nSPS) is 14.0. The van der Waals surface area contributed by atoms with Crippen molar-refractivity contribution in [1.82, 2.24) is 0 Å². The standard InChI is InChI=1S/C9H22O3Si2/c1-13(12-14(2,3)4)8-6-5-7-9(10)11/h13H,5-8H2,1-4H3,(H,10,11). The van der Waals surface area contributed by atoms with E-state index >= 15 is 0 Å². The van der Waals surface area contributed by atoms with Crippen LogP contribution in [0.5, 0.6) is 0 Å². The van der Waals surface area contributed by atoms with Crippen LogP contribution in [0.2, 0.25) is 32.2 Å². The smallest absolute Gasteiger partial charge is 0.303 e. The van der Waals surface area contributed by atoms with Crippen molar-refractivity contribution in [2.75, 3.05) is 0 Å². The molecule has 14 heavy (non-hydrogen) atoms. The van der Waals surface area contributed by atoms with Crippen molar-refractivity contribution in [2.45, 2.75) is 51.5 Å². The molecule has 5 heteroatoms. The highest BCUT2D eigenvalue weighted by molar-refractivity contribution is 6.77. The molecule has 3 nitrogen and oxygen atoms in total. The van der Waals surface area contributed by atoms with Gasteiger partial charge in [0.25, 0.3) is 0 Å². The second-order valence-electron chi connectivity index (χ2n) is 4.68. The molecule has 0 aromatic carbocycles. The summed E-state index contributed by atoms with van der Waals surface area (Å²) in [6.45, 7) is 8.81. The molecule has 1 N–H and O–H groups in total. The van der Waals surface area contributed by atoms with Gasteiger partial charge in [0.2, 0.25) is 0 Å². The van der Waals surface area contributed by atoms with E-state index in [9.17, 15) is 4.79 Å². The fourth-order valence-electron chi connectivity index (χ4n) is 1.37. The molecule has 0 aliphatic carbocycles. The van der Waals surface area contributed by atoms with E-state index in [1.54, 1.807) is 0 Å². The van der Waals surface area contributed by atoms with Gasteiger partial charge in [0.15, 0.2) is 17.4 Å². The number of hydrogen-bond donors (Lipinski definition) is 1. The molecule has 0 aliphatic heterocycles. The molecule has 0 aliphatic rings. The fraction of sp³-hybridized carbons (Fsp3) is 0.889. The minimum atomic E-state index is -1.36. The highest BCUT2D eigenvalue weighted by atomic mass is 28.4. The Labute approximate surface area is 89.3 Å². The topological polar surface area (TPSA) is 46.5 Å². The first-order valence-electron chi connectivity index (χ1n) is 5.21. The van der Waals surface area contributed by atoms with Crippen LogP contribution in [0.15, 0.2) is 0 Å². The lowest BCUT2D eigenvalue weighted by Gasteiger charge is -2.22. The summed E-state index contributed by atoms with van der Waals surface area (Å²) in [6.07, 6.45) is 2.10. The highest BCUT2D eigenvalue weighted by Crippen LogP contribution is 2.11. The average Bonchev–Trinajstić information content (AvgIpc) is 1.94. The van der Waals surface area contributed by atoms with E-state index in [4.69, 9.17) is 9.22 Å². The molecule has 0 fully saturated rings. The molecule has 0 aromatic heterocycles. The van der Waals surface area contributed by atoms with Crippen molar-refractivity contribution in [3.63, 3.8) is 0 Å². The molecule has 1 atom stereocenters. The maximum atomic E-state index is 10.3. The van der Waals surface area contributed by atoms with E-state index in [1.807, 2.05) is 0 Å². The van der Waals surface area contributed by atoms with E-state index in [0.717, 1.165) is 18.9 Å². The van der Waals surface area contributed by atoms with Crippen molar-refractivity contribution in [2.24, 2.45) is 0 Å². The lowest BCUT2D eigenvalue weighted by molar-refractivity contribution is -0.137. The van der Waals surface area contributed by atoms with Crippen LogP contribution in [0.3, 0.4) is 0 Å². The van der Waals surface area contributed by atoms with Gasteiger partial charge in [-0.25, -0.2) is 0 Å². The summed E-state index contributed by atoms with van der Waals surface area (Å²) in [6, 6.07) is 1.11. The van der Waals surface area contributed by atoms with E-state index in [-0.39, 0.29) is 0 Å². The quantitative estimate of drug-likeness (QED) is 0.544. The summed E-state index contributed by atoms with van der Waals surface area (Å²) in [5.41, 5.74) is 0. The van der Waals surface area contributed by atoms with Crippen LogP contribution in [-0.2, 0) is 8.91 Å². The molecule has 1 unspecified atom stereocenters. The maximum Gasteiger partial charge on any atom is 0.303 e. The molecule has 84 valence electrons. The first kappa shape index (κ1) is 13.9. The lowest BCUT2D eigenvalue weighted by Crippen LogP contribution is -2.32. The molecule has 0 saturated carbocycles. The van der Waals surface area contributed by atoms with Crippen molar-refractivity contribution >= 4 is 23.3 Å².